The number of aliphatic hydroxyl groups is 5. The molecule has 39 heavy (non-hydrogen) atoms. The van der Waals surface area contributed by atoms with Crippen LogP contribution in [0.5, 0.6) is 0 Å². The molecule has 2 rings (SSSR count). The number of carboxylic acids is 1. The number of rotatable bonds is 13. The van der Waals surface area contributed by atoms with Gasteiger partial charge in [-0.1, -0.05) is 39.0 Å². The lowest BCUT2D eigenvalue weighted by Crippen LogP contribution is -2.46. The summed E-state index contributed by atoms with van der Waals surface area (Å²) in [5, 5.41) is 54.3. The third-order valence-electron chi connectivity index (χ3n) is 8.10. The first-order chi connectivity index (χ1) is 18.1. The summed E-state index contributed by atoms with van der Waals surface area (Å²) in [5.74, 6) is -0.347. The minimum atomic E-state index is -1.07. The molecular formula is C29H52NO9+. The zero-order valence-corrected chi connectivity index (χ0v) is 24.5. The first kappa shape index (κ1) is 35.2. The molecule has 0 aliphatic heterocycles. The maximum absolute atomic E-state index is 12.8. The van der Waals surface area contributed by atoms with E-state index in [1.807, 2.05) is 20.8 Å². The number of quaternary nitrogens is 1. The third-order valence-corrected chi connectivity index (χ3v) is 8.10. The highest BCUT2D eigenvalue weighted by molar-refractivity contribution is 5.76. The molecule has 0 amide bonds. The molecule has 10 nitrogen and oxygen atoms in total. The third kappa shape index (κ3) is 10.9. The Balaban J connectivity index is 0.000000824. The lowest BCUT2D eigenvalue weighted by Gasteiger charge is -2.44. The van der Waals surface area contributed by atoms with Crippen molar-refractivity contribution in [2.24, 2.45) is 29.1 Å². The van der Waals surface area contributed by atoms with Gasteiger partial charge in [-0.25, -0.2) is 0 Å². The molecule has 226 valence electrons. The van der Waals surface area contributed by atoms with Crippen LogP contribution in [0.4, 0.5) is 0 Å². The monoisotopic (exact) mass is 558 g/mol. The summed E-state index contributed by atoms with van der Waals surface area (Å²) in [6, 6.07) is 0. The molecule has 0 aromatic carbocycles. The Morgan fingerprint density at radius 2 is 1.69 bits per heavy atom. The molecule has 2 aliphatic rings. The zero-order chi connectivity index (χ0) is 30.0. The van der Waals surface area contributed by atoms with E-state index in [2.05, 4.69) is 32.1 Å². The van der Waals surface area contributed by atoms with Crippen LogP contribution in [0.3, 0.4) is 0 Å². The summed E-state index contributed by atoms with van der Waals surface area (Å²) >= 11 is 0. The number of hydrogen-bond donors (Lipinski definition) is 6. The molecular weight excluding hydrogens is 506 g/mol. The summed E-state index contributed by atoms with van der Waals surface area (Å²) in [6.45, 7) is 9.38. The van der Waals surface area contributed by atoms with Gasteiger partial charge in [0, 0.05) is 5.92 Å². The standard InChI is InChI=1S/C25H40O6.C4H12NO3/c1-6-25(4,5)24(30)31-21-12-15(2)11-17-8-7-16(3)20(23(17)21)10-9-18(26)13-19(27)14-22(28)29;1-5(2-6,3-7)4-8/h7-8,11,15-16,18-21,23,26-27H,6,9-10,12-14H2,1-5H3,(H,28,29);6-8H,2-4H2,1H3/q;+1/t15-,16-,18+,19+,20-,21-,23-;/m0./s1. The Labute approximate surface area is 233 Å². The van der Waals surface area contributed by atoms with Gasteiger partial charge in [-0.2, -0.15) is 0 Å². The van der Waals surface area contributed by atoms with Crippen LogP contribution in [0, 0.1) is 29.1 Å². The minimum absolute atomic E-state index is 0.0523. The first-order valence-electron chi connectivity index (χ1n) is 14.0. The van der Waals surface area contributed by atoms with Crippen molar-refractivity contribution in [2.45, 2.75) is 91.5 Å². The molecule has 0 radical (unpaired) electrons. The number of carbonyl (C=O) groups is 2. The Bertz CT molecular complexity index is 828. The number of carbonyl (C=O) groups excluding carboxylic acids is 1. The van der Waals surface area contributed by atoms with Crippen LogP contribution in [0.15, 0.2) is 23.8 Å². The van der Waals surface area contributed by atoms with Gasteiger partial charge < -0.3 is 35.4 Å². The fourth-order valence-corrected chi connectivity index (χ4v) is 4.90. The van der Waals surface area contributed by atoms with E-state index in [1.54, 1.807) is 7.05 Å². The molecule has 0 aromatic rings. The number of aliphatic hydroxyl groups excluding tert-OH is 5. The summed E-state index contributed by atoms with van der Waals surface area (Å²) < 4.78 is 5.97. The van der Waals surface area contributed by atoms with Crippen molar-refractivity contribution < 1.29 is 49.4 Å². The van der Waals surface area contributed by atoms with Crippen molar-refractivity contribution in [2.75, 3.05) is 27.2 Å². The molecule has 10 heteroatoms. The molecule has 0 heterocycles. The molecule has 6 N–H and O–H groups in total. The molecule has 0 fully saturated rings. The molecule has 7 atom stereocenters. The lowest BCUT2D eigenvalue weighted by atomic mass is 9.65. The molecule has 0 aromatic heterocycles. The smallest absolute Gasteiger partial charge is 0.311 e. The van der Waals surface area contributed by atoms with Crippen molar-refractivity contribution in [3.05, 3.63) is 23.8 Å². The highest BCUT2D eigenvalue weighted by Gasteiger charge is 2.42. The van der Waals surface area contributed by atoms with Crippen molar-refractivity contribution in [1.29, 1.82) is 0 Å². The van der Waals surface area contributed by atoms with Crippen LogP contribution in [0.25, 0.3) is 0 Å². The Morgan fingerprint density at radius 3 is 2.18 bits per heavy atom. The summed E-state index contributed by atoms with van der Waals surface area (Å²) in [5.41, 5.74) is 0.682. The highest BCUT2D eigenvalue weighted by atomic mass is 16.5. The van der Waals surface area contributed by atoms with Gasteiger partial charge in [-0.3, -0.25) is 14.1 Å². The topological polar surface area (TPSA) is 165 Å². The first-order valence-corrected chi connectivity index (χ1v) is 14.0. The van der Waals surface area contributed by atoms with Gasteiger partial charge in [0.25, 0.3) is 0 Å². The maximum atomic E-state index is 12.8. The highest BCUT2D eigenvalue weighted by Crippen LogP contribution is 2.45. The van der Waals surface area contributed by atoms with E-state index in [0.717, 1.165) is 6.42 Å². The van der Waals surface area contributed by atoms with Crippen molar-refractivity contribution in [1.82, 2.24) is 0 Å². The van der Waals surface area contributed by atoms with Crippen LogP contribution in [0.1, 0.15) is 73.1 Å². The second kappa shape index (κ2) is 15.8. The predicted molar refractivity (Wildman–Crippen MR) is 147 cm³/mol. The fourth-order valence-electron chi connectivity index (χ4n) is 4.90. The van der Waals surface area contributed by atoms with E-state index in [9.17, 15) is 19.8 Å². The minimum Gasteiger partial charge on any atom is -0.481 e. The summed E-state index contributed by atoms with van der Waals surface area (Å²) in [6.07, 6.45) is 6.98. The van der Waals surface area contributed by atoms with E-state index in [-0.39, 0.29) is 67.3 Å². The van der Waals surface area contributed by atoms with E-state index in [1.165, 1.54) is 5.57 Å². The molecule has 0 bridgehead atoms. The van der Waals surface area contributed by atoms with E-state index >= 15 is 0 Å². The average Bonchev–Trinajstić information content (AvgIpc) is 2.87. The summed E-state index contributed by atoms with van der Waals surface area (Å²) in [7, 11) is 1.54. The van der Waals surface area contributed by atoms with Crippen molar-refractivity contribution >= 4 is 11.9 Å². The average molecular weight is 559 g/mol. The Morgan fingerprint density at radius 1 is 1.10 bits per heavy atom. The van der Waals surface area contributed by atoms with Gasteiger partial charge in [0.1, 0.15) is 6.10 Å². The van der Waals surface area contributed by atoms with Gasteiger partial charge >= 0.3 is 11.9 Å². The Hall–Kier alpha value is -1.82. The normalized spacial score (nSPS) is 26.4. The van der Waals surface area contributed by atoms with Crippen LogP contribution in [-0.2, 0) is 14.3 Å². The molecule has 0 unspecified atom stereocenters. The number of hydrogen-bond acceptors (Lipinski definition) is 8. The summed E-state index contributed by atoms with van der Waals surface area (Å²) in [4.78, 5) is 23.6. The molecule has 0 spiro atoms. The largest absolute Gasteiger partial charge is 0.481 e. The van der Waals surface area contributed by atoms with Gasteiger partial charge in [0.2, 0.25) is 0 Å². The van der Waals surface area contributed by atoms with Crippen molar-refractivity contribution in [3.63, 3.8) is 0 Å². The van der Waals surface area contributed by atoms with Gasteiger partial charge in [-0.15, -0.1) is 0 Å². The quantitative estimate of drug-likeness (QED) is 0.113. The number of fused-ring (bicyclic) bond motifs is 1. The SMILES string of the molecule is CCC(C)(C)C(=O)O[C@H]1C[C@@H](C)C=C2C=C[C@H](C)[C@H](CC[C@@H](O)C[C@@H](O)CC(=O)O)[C@H]21.C[N+](CO)(CO)CO. The molecule has 2 aliphatic carbocycles. The van der Waals surface area contributed by atoms with Crippen LogP contribution in [0.2, 0.25) is 0 Å². The second-order valence-corrected chi connectivity index (χ2v) is 12.2. The van der Waals surface area contributed by atoms with Gasteiger partial charge in [0.05, 0.1) is 31.1 Å². The zero-order valence-electron chi connectivity index (χ0n) is 24.5. The number of nitrogens with zero attached hydrogens (tertiary/aromatic N) is 1. The number of aliphatic carboxylic acids is 1. The second-order valence-electron chi connectivity index (χ2n) is 12.2. The number of ether oxygens (including phenoxy) is 1. The molecule has 0 saturated carbocycles. The number of carboxylic acid groups (broad SMARTS) is 1. The molecule has 0 saturated heterocycles. The van der Waals surface area contributed by atoms with Crippen LogP contribution in [-0.4, -0.2) is 92.6 Å². The fraction of sp³-hybridized carbons (Fsp3) is 0.793. The van der Waals surface area contributed by atoms with Crippen molar-refractivity contribution in [3.8, 4) is 0 Å². The van der Waals surface area contributed by atoms with E-state index < -0.39 is 23.6 Å². The van der Waals surface area contributed by atoms with Gasteiger partial charge in [0.15, 0.2) is 20.2 Å². The number of allylic oxidation sites excluding steroid dienone is 3. The van der Waals surface area contributed by atoms with Gasteiger partial charge in [-0.05, 0) is 69.3 Å². The maximum Gasteiger partial charge on any atom is 0.311 e. The van der Waals surface area contributed by atoms with E-state index in [4.69, 9.17) is 25.2 Å². The Kier molecular flexibility index (Phi) is 14.3. The van der Waals surface area contributed by atoms with Crippen LogP contribution < -0.4 is 0 Å². The lowest BCUT2D eigenvalue weighted by molar-refractivity contribution is -0.959. The van der Waals surface area contributed by atoms with E-state index in [0.29, 0.717) is 25.2 Å². The predicted octanol–water partition coefficient (Wildman–Crippen LogP) is 2.39. The number of esters is 1. The van der Waals surface area contributed by atoms with Crippen LogP contribution >= 0.6 is 0 Å².